The number of carbonyl (C=O) groups excluding carboxylic acids is 1. The number of carbonyl (C=O) groups is 1. The third-order valence-electron chi connectivity index (χ3n) is 3.46. The largest absolute Gasteiger partial charge is 0.406 e. The maximum Gasteiger partial charge on any atom is 0.406 e. The van der Waals surface area contributed by atoms with Crippen LogP contribution in [0.25, 0.3) is 0 Å². The first-order valence-corrected chi connectivity index (χ1v) is 7.17. The Morgan fingerprint density at radius 3 is 2.75 bits per heavy atom. The van der Waals surface area contributed by atoms with E-state index in [4.69, 9.17) is 16.9 Å². The SMILES string of the molecule is CN1C(Cl)NCC1C(=O)Nc1cc(C#N)c(=O)n(CC(F)(F)F)c1. The van der Waals surface area contributed by atoms with Crippen LogP contribution in [0.2, 0.25) is 0 Å². The van der Waals surface area contributed by atoms with E-state index in [1.807, 2.05) is 0 Å². The van der Waals surface area contributed by atoms with Gasteiger partial charge in [0.05, 0.1) is 5.69 Å². The molecular formula is C13H13ClF3N5O2. The van der Waals surface area contributed by atoms with E-state index in [9.17, 15) is 22.8 Å². The molecule has 2 atom stereocenters. The van der Waals surface area contributed by atoms with Crippen molar-refractivity contribution in [2.45, 2.75) is 24.4 Å². The van der Waals surface area contributed by atoms with Gasteiger partial charge in [0.15, 0.2) is 0 Å². The summed E-state index contributed by atoms with van der Waals surface area (Å²) in [6, 6.07) is 1.92. The summed E-state index contributed by atoms with van der Waals surface area (Å²) < 4.78 is 37.9. The van der Waals surface area contributed by atoms with Gasteiger partial charge in [-0.2, -0.15) is 18.4 Å². The molecule has 1 saturated heterocycles. The Labute approximate surface area is 139 Å². The lowest BCUT2D eigenvalue weighted by molar-refractivity contribution is -0.141. The summed E-state index contributed by atoms with van der Waals surface area (Å²) in [7, 11) is 1.60. The molecule has 1 aliphatic rings. The summed E-state index contributed by atoms with van der Waals surface area (Å²) in [5.74, 6) is -0.519. The molecule has 24 heavy (non-hydrogen) atoms. The summed E-state index contributed by atoms with van der Waals surface area (Å²) in [6.45, 7) is -1.30. The van der Waals surface area contributed by atoms with Gasteiger partial charge >= 0.3 is 6.18 Å². The van der Waals surface area contributed by atoms with E-state index in [1.165, 1.54) is 11.0 Å². The predicted octanol–water partition coefficient (Wildman–Crippen LogP) is 0.647. The number of halogens is 4. The fraction of sp³-hybridized carbons (Fsp3) is 0.462. The smallest absolute Gasteiger partial charge is 0.323 e. The molecule has 0 aromatic carbocycles. The molecule has 130 valence electrons. The van der Waals surface area contributed by atoms with Crippen molar-refractivity contribution in [2.75, 3.05) is 18.9 Å². The van der Waals surface area contributed by atoms with Crippen LogP contribution in [-0.4, -0.2) is 46.8 Å². The van der Waals surface area contributed by atoms with Crippen LogP contribution in [0.15, 0.2) is 17.1 Å². The lowest BCUT2D eigenvalue weighted by atomic mass is 10.2. The molecule has 2 rings (SSSR count). The number of hydrogen-bond acceptors (Lipinski definition) is 5. The monoisotopic (exact) mass is 363 g/mol. The molecule has 0 saturated carbocycles. The third kappa shape index (κ3) is 4.05. The topological polar surface area (TPSA) is 90.2 Å². The Kier molecular flexibility index (Phi) is 5.17. The molecular weight excluding hydrogens is 351 g/mol. The van der Waals surface area contributed by atoms with Crippen LogP contribution >= 0.6 is 11.6 Å². The van der Waals surface area contributed by atoms with E-state index in [-0.39, 0.29) is 12.2 Å². The molecule has 0 aliphatic carbocycles. The van der Waals surface area contributed by atoms with E-state index in [0.717, 1.165) is 12.3 Å². The molecule has 1 aromatic rings. The number of anilines is 1. The first-order chi connectivity index (χ1) is 11.1. The van der Waals surface area contributed by atoms with Crippen molar-refractivity contribution in [3.63, 3.8) is 0 Å². The summed E-state index contributed by atoms with van der Waals surface area (Å²) in [6.07, 6.45) is -3.78. The first-order valence-electron chi connectivity index (χ1n) is 6.74. The summed E-state index contributed by atoms with van der Waals surface area (Å²) in [5.41, 5.74) is -2.19. The van der Waals surface area contributed by atoms with Gasteiger partial charge in [-0.15, -0.1) is 0 Å². The van der Waals surface area contributed by atoms with Crippen molar-refractivity contribution in [2.24, 2.45) is 0 Å². The van der Waals surface area contributed by atoms with Gasteiger partial charge in [0.1, 0.15) is 29.8 Å². The van der Waals surface area contributed by atoms with Gasteiger partial charge in [-0.1, -0.05) is 11.6 Å². The number of nitrogens with one attached hydrogen (secondary N) is 2. The van der Waals surface area contributed by atoms with E-state index in [0.29, 0.717) is 4.57 Å². The van der Waals surface area contributed by atoms with Crippen molar-refractivity contribution >= 4 is 23.2 Å². The average Bonchev–Trinajstić information content (AvgIpc) is 2.80. The van der Waals surface area contributed by atoms with Gasteiger partial charge in [-0.3, -0.25) is 19.8 Å². The lowest BCUT2D eigenvalue weighted by Gasteiger charge is -2.20. The molecule has 2 N–H and O–H groups in total. The summed E-state index contributed by atoms with van der Waals surface area (Å²) in [5, 5.41) is 14.1. The van der Waals surface area contributed by atoms with E-state index in [1.54, 1.807) is 7.05 Å². The molecule has 2 heterocycles. The maximum atomic E-state index is 12.5. The van der Waals surface area contributed by atoms with Crippen LogP contribution in [0.1, 0.15) is 5.56 Å². The van der Waals surface area contributed by atoms with Gasteiger partial charge in [0.2, 0.25) is 5.91 Å². The number of alkyl halides is 4. The van der Waals surface area contributed by atoms with Crippen LogP contribution < -0.4 is 16.2 Å². The number of nitriles is 1. The number of pyridine rings is 1. The number of likely N-dealkylation sites (N-methyl/N-ethyl adjacent to an activating group) is 1. The van der Waals surface area contributed by atoms with Crippen molar-refractivity contribution in [1.29, 1.82) is 5.26 Å². The van der Waals surface area contributed by atoms with Gasteiger partial charge in [-0.25, -0.2) is 0 Å². The predicted molar refractivity (Wildman–Crippen MR) is 79.3 cm³/mol. The number of nitrogens with zero attached hydrogens (tertiary/aromatic N) is 3. The molecule has 2 unspecified atom stereocenters. The fourth-order valence-electron chi connectivity index (χ4n) is 2.25. The van der Waals surface area contributed by atoms with Crippen molar-refractivity contribution in [3.05, 3.63) is 28.2 Å². The second-order valence-electron chi connectivity index (χ2n) is 5.22. The Bertz CT molecular complexity index is 743. The third-order valence-corrected chi connectivity index (χ3v) is 3.92. The minimum Gasteiger partial charge on any atom is -0.323 e. The summed E-state index contributed by atoms with van der Waals surface area (Å²) >= 11 is 5.89. The zero-order chi connectivity index (χ0) is 18.1. The van der Waals surface area contributed by atoms with E-state index < -0.39 is 41.4 Å². The molecule has 1 fully saturated rings. The lowest BCUT2D eigenvalue weighted by Crippen LogP contribution is -2.41. The maximum absolute atomic E-state index is 12.5. The van der Waals surface area contributed by atoms with Crippen LogP contribution in [-0.2, 0) is 11.3 Å². The number of amides is 1. The Morgan fingerprint density at radius 2 is 2.25 bits per heavy atom. The first kappa shape index (κ1) is 18.3. The molecule has 0 spiro atoms. The Hall–Kier alpha value is -2.09. The highest BCUT2D eigenvalue weighted by atomic mass is 35.5. The minimum absolute atomic E-state index is 0.0770. The van der Waals surface area contributed by atoms with Gasteiger partial charge in [0.25, 0.3) is 5.56 Å². The highest BCUT2D eigenvalue weighted by molar-refractivity contribution is 6.20. The van der Waals surface area contributed by atoms with Crippen molar-refractivity contribution in [1.82, 2.24) is 14.8 Å². The standard InChI is InChI=1S/C13H13ClF3N5O2/c1-21-9(4-19-12(21)14)10(23)20-8-2-7(3-18)11(24)22(5-8)6-13(15,16)17/h2,5,9,12,19H,4,6H2,1H3,(H,20,23). The second kappa shape index (κ2) is 6.80. The van der Waals surface area contributed by atoms with Gasteiger partial charge in [0, 0.05) is 12.7 Å². The molecule has 1 aliphatic heterocycles. The highest BCUT2D eigenvalue weighted by Gasteiger charge is 2.34. The normalized spacial score (nSPS) is 21.5. The average molecular weight is 364 g/mol. The molecule has 1 amide bonds. The molecule has 1 aromatic heterocycles. The van der Waals surface area contributed by atoms with Crippen LogP contribution in [0.3, 0.4) is 0 Å². The number of hydrogen-bond donors (Lipinski definition) is 2. The molecule has 11 heteroatoms. The van der Waals surface area contributed by atoms with Gasteiger partial charge in [-0.05, 0) is 13.1 Å². The Balaban J connectivity index is 2.27. The summed E-state index contributed by atoms with van der Waals surface area (Å²) in [4.78, 5) is 25.5. The molecule has 7 nitrogen and oxygen atoms in total. The van der Waals surface area contributed by atoms with Crippen LogP contribution in [0.5, 0.6) is 0 Å². The second-order valence-corrected chi connectivity index (χ2v) is 5.63. The van der Waals surface area contributed by atoms with Crippen LogP contribution in [0.4, 0.5) is 18.9 Å². The fourth-order valence-corrected chi connectivity index (χ4v) is 2.48. The highest BCUT2D eigenvalue weighted by Crippen LogP contribution is 2.19. The quantitative estimate of drug-likeness (QED) is 0.608. The van der Waals surface area contributed by atoms with Crippen LogP contribution in [0, 0.1) is 11.3 Å². The van der Waals surface area contributed by atoms with E-state index >= 15 is 0 Å². The Morgan fingerprint density at radius 1 is 1.58 bits per heavy atom. The van der Waals surface area contributed by atoms with E-state index in [2.05, 4.69) is 10.6 Å². The minimum atomic E-state index is -4.64. The number of aromatic nitrogens is 1. The zero-order valence-corrected chi connectivity index (χ0v) is 13.1. The molecule has 0 radical (unpaired) electrons. The van der Waals surface area contributed by atoms with Crippen molar-refractivity contribution < 1.29 is 18.0 Å². The van der Waals surface area contributed by atoms with Crippen molar-refractivity contribution in [3.8, 4) is 6.07 Å². The zero-order valence-electron chi connectivity index (χ0n) is 12.4. The molecule has 0 bridgehead atoms. The number of rotatable bonds is 3. The van der Waals surface area contributed by atoms with Gasteiger partial charge < -0.3 is 9.88 Å².